The second-order valence-electron chi connectivity index (χ2n) is 5.44. The monoisotopic (exact) mass is 391 g/mol. The van der Waals surface area contributed by atoms with Crippen LogP contribution in [-0.4, -0.2) is 11.5 Å². The van der Waals surface area contributed by atoms with Crippen LogP contribution in [0.4, 0.5) is 5.69 Å². The number of anilines is 1. The number of hydrogen-bond acceptors (Lipinski definition) is 7. The van der Waals surface area contributed by atoms with Crippen LogP contribution in [0.3, 0.4) is 0 Å². The Morgan fingerprint density at radius 1 is 0.962 bits per heavy atom. The predicted molar refractivity (Wildman–Crippen MR) is 87.7 cm³/mol. The van der Waals surface area contributed by atoms with E-state index in [4.69, 9.17) is 11.6 Å². The van der Waals surface area contributed by atoms with Gasteiger partial charge in [-0.2, -0.15) is 14.0 Å². The molecule has 0 spiro atoms. The van der Waals surface area contributed by atoms with Crippen molar-refractivity contribution < 1.29 is 28.6 Å². The van der Waals surface area contributed by atoms with Gasteiger partial charge < -0.3 is 0 Å². The second kappa shape index (κ2) is 6.40. The number of hydrogen-bond donors (Lipinski definition) is 0. The minimum Gasteiger partial charge on any atom is -0.231 e. The molecular formula is C17H11Cl2N3O4. The summed E-state index contributed by atoms with van der Waals surface area (Å²) in [4.78, 5) is 4.26. The van der Waals surface area contributed by atoms with E-state index in [9.17, 15) is 14.0 Å². The highest BCUT2D eigenvalue weighted by Gasteiger charge is 2.37. The Hall–Kier alpha value is -2.39. The second-order valence-corrected chi connectivity index (χ2v) is 6.77. The maximum atomic E-state index is 11.1. The van der Waals surface area contributed by atoms with Gasteiger partial charge in [0, 0.05) is 16.1 Å². The summed E-state index contributed by atoms with van der Waals surface area (Å²) >= 11 is 5.94. The van der Waals surface area contributed by atoms with E-state index in [1.165, 1.54) is 5.01 Å². The first-order chi connectivity index (χ1) is 12.4. The number of nitrogens with zero attached hydrogens (tertiary/aromatic N) is 3. The van der Waals surface area contributed by atoms with Gasteiger partial charge in [-0.15, -0.1) is 0 Å². The van der Waals surface area contributed by atoms with Crippen molar-refractivity contribution in [3.63, 3.8) is 0 Å². The Morgan fingerprint density at radius 2 is 1.69 bits per heavy atom. The lowest BCUT2D eigenvalue weighted by molar-refractivity contribution is -1.92. The van der Waals surface area contributed by atoms with Crippen LogP contribution in [0, 0.1) is 10.2 Å². The van der Waals surface area contributed by atoms with Crippen LogP contribution in [0.5, 0.6) is 0 Å². The molecule has 7 nitrogen and oxygen atoms in total. The number of halogens is 2. The van der Waals surface area contributed by atoms with Gasteiger partial charge in [0.25, 0.3) is 0 Å². The number of allylic oxidation sites excluding steroid dienone is 1. The molecule has 132 valence electrons. The van der Waals surface area contributed by atoms with E-state index in [1.807, 2.05) is 18.2 Å². The van der Waals surface area contributed by atoms with Crippen molar-refractivity contribution in [3.8, 4) is 0 Å². The first-order valence-electron chi connectivity index (χ1n) is 7.44. The van der Waals surface area contributed by atoms with E-state index in [1.54, 1.807) is 42.5 Å². The van der Waals surface area contributed by atoms with E-state index in [0.717, 1.165) is 22.6 Å². The normalized spacial score (nSPS) is 16.0. The van der Waals surface area contributed by atoms with Gasteiger partial charge in [0.15, 0.2) is 6.34 Å². The molecule has 0 saturated carbocycles. The molecule has 2 aromatic carbocycles. The van der Waals surface area contributed by atoms with Crippen LogP contribution in [0.15, 0.2) is 65.3 Å². The van der Waals surface area contributed by atoms with Gasteiger partial charge in [-0.1, -0.05) is 48.0 Å². The summed E-state index contributed by atoms with van der Waals surface area (Å²) in [7, 11) is -4.69. The average Bonchev–Trinajstić information content (AvgIpc) is 2.61. The topological polar surface area (TPSA) is 97.2 Å². The van der Waals surface area contributed by atoms with Crippen LogP contribution in [0.2, 0.25) is 5.02 Å². The summed E-state index contributed by atoms with van der Waals surface area (Å²) < 4.78 is 37.8. The summed E-state index contributed by atoms with van der Waals surface area (Å²) in [5, 5.41) is 2.84. The largest absolute Gasteiger partial charge is 0.232 e. The van der Waals surface area contributed by atoms with E-state index in [0.29, 0.717) is 22.1 Å². The molecule has 2 aliphatic rings. The number of para-hydroxylation sites is 1. The van der Waals surface area contributed by atoms with Crippen LogP contribution in [-0.2, 0) is 4.39 Å². The molecule has 0 saturated heterocycles. The van der Waals surface area contributed by atoms with Crippen molar-refractivity contribution in [1.29, 1.82) is 0 Å². The first kappa shape index (κ1) is 17.0. The molecule has 0 amide bonds. The molecule has 26 heavy (non-hydrogen) atoms. The fourth-order valence-corrected chi connectivity index (χ4v) is 3.17. The molecule has 0 atom stereocenters. The highest BCUT2D eigenvalue weighted by atomic mass is 35.7. The van der Waals surface area contributed by atoms with Crippen molar-refractivity contribution >= 4 is 35.4 Å². The molecule has 0 radical (unpaired) electrons. The molecule has 4 rings (SSSR count). The number of benzene rings is 2. The minimum atomic E-state index is -4.69. The Bertz CT molecular complexity index is 936. The van der Waals surface area contributed by atoms with Gasteiger partial charge in [-0.05, 0) is 29.4 Å². The van der Waals surface area contributed by atoms with Crippen LogP contribution < -0.4 is 19.0 Å². The van der Waals surface area contributed by atoms with Crippen molar-refractivity contribution in [2.24, 2.45) is 4.99 Å². The molecule has 0 bridgehead atoms. The van der Waals surface area contributed by atoms with Crippen molar-refractivity contribution in [2.45, 2.75) is 0 Å². The lowest BCUT2D eigenvalue weighted by Gasteiger charge is -2.36. The van der Waals surface area contributed by atoms with Crippen molar-refractivity contribution in [2.75, 3.05) is 5.01 Å². The smallest absolute Gasteiger partial charge is 0.231 e. The first-order valence-corrected chi connectivity index (χ1v) is 9.05. The zero-order chi connectivity index (χ0) is 18.3. The van der Waals surface area contributed by atoms with Gasteiger partial charge in [-0.25, -0.2) is 10.0 Å². The van der Waals surface area contributed by atoms with Gasteiger partial charge >= 0.3 is 0 Å². The Balaban J connectivity index is 1.85. The van der Waals surface area contributed by atoms with Gasteiger partial charge in [-0.3, -0.25) is 0 Å². The fourth-order valence-electron chi connectivity index (χ4n) is 2.77. The van der Waals surface area contributed by atoms with Gasteiger partial charge in [0.1, 0.15) is 10.2 Å². The third-order valence-corrected chi connectivity index (χ3v) is 4.37. The fraction of sp³-hybridized carbons (Fsp3) is 0. The van der Waals surface area contributed by atoms with E-state index in [-0.39, 0.29) is 0 Å². The Morgan fingerprint density at radius 3 is 2.42 bits per heavy atom. The standard InChI is InChI=1S/C17H11Cl2N3O4/c18-14-8-5-13(6-9-14)17-16-10-7-12-3-1-2-4-15(12)22(16)21(11-20-17)26-19(23,24)25/h1-11H. The molecule has 0 fully saturated rings. The molecule has 0 unspecified atom stereocenters. The number of hydrazine groups is 1. The number of rotatable bonds is 3. The Kier molecular flexibility index (Phi) is 4.20. The molecule has 2 heterocycles. The molecule has 2 aromatic rings. The third kappa shape index (κ3) is 3.19. The van der Waals surface area contributed by atoms with Gasteiger partial charge in [0.2, 0.25) is 4.39 Å². The molecule has 9 heteroatoms. The highest BCUT2D eigenvalue weighted by molar-refractivity contribution is 6.30. The van der Waals surface area contributed by atoms with Crippen molar-refractivity contribution in [1.82, 2.24) is 5.17 Å². The maximum absolute atomic E-state index is 11.1. The third-order valence-electron chi connectivity index (χ3n) is 3.81. The lowest BCUT2D eigenvalue weighted by Crippen LogP contribution is -2.65. The SMILES string of the molecule is [O-][Cl+3]([O-])([O-])ON1C=NC(c2ccc(Cl)cc2)=C2C=Cc3ccccc3N21. The summed E-state index contributed by atoms with van der Waals surface area (Å²) in [6, 6.07) is 14.3. The van der Waals surface area contributed by atoms with Crippen LogP contribution >= 0.6 is 11.6 Å². The Labute approximate surface area is 156 Å². The highest BCUT2D eigenvalue weighted by Crippen LogP contribution is 2.38. The number of aliphatic imine (C=N–C) groups is 1. The molecular weight excluding hydrogens is 381 g/mol. The van der Waals surface area contributed by atoms with E-state index < -0.39 is 10.2 Å². The maximum Gasteiger partial charge on any atom is 0.232 e. The summed E-state index contributed by atoms with van der Waals surface area (Å²) in [6.07, 6.45) is 4.78. The molecule has 0 aliphatic carbocycles. The average molecular weight is 392 g/mol. The molecule has 0 aromatic heterocycles. The number of hydroxylamine groups is 1. The molecule has 2 aliphatic heterocycles. The van der Waals surface area contributed by atoms with Gasteiger partial charge in [0.05, 0.1) is 17.1 Å². The zero-order valence-corrected chi connectivity index (χ0v) is 14.6. The molecule has 0 N–H and O–H groups in total. The zero-order valence-electron chi connectivity index (χ0n) is 13.1. The minimum absolute atomic E-state index is 0.548. The lowest BCUT2D eigenvalue weighted by atomic mass is 10.0. The van der Waals surface area contributed by atoms with E-state index >= 15 is 0 Å². The summed E-state index contributed by atoms with van der Waals surface area (Å²) in [5.41, 5.74) is 3.37. The quantitative estimate of drug-likeness (QED) is 0.760. The predicted octanol–water partition coefficient (Wildman–Crippen LogP) is 0.630. The van der Waals surface area contributed by atoms with Crippen LogP contribution in [0.25, 0.3) is 11.8 Å². The summed E-state index contributed by atoms with van der Waals surface area (Å²) in [6.45, 7) is 0. The van der Waals surface area contributed by atoms with E-state index in [2.05, 4.69) is 9.38 Å². The van der Waals surface area contributed by atoms with Crippen LogP contribution in [0.1, 0.15) is 11.1 Å². The summed E-state index contributed by atoms with van der Waals surface area (Å²) in [5.74, 6) is 0. The van der Waals surface area contributed by atoms with Crippen molar-refractivity contribution in [3.05, 3.63) is 76.5 Å². The number of fused-ring (bicyclic) bond motifs is 3.